The maximum Gasteiger partial charge on any atom is 0.225 e. The molecule has 0 saturated carbocycles. The molecule has 0 unspecified atom stereocenters. The van der Waals surface area contributed by atoms with E-state index in [1.165, 1.54) is 0 Å². The third kappa shape index (κ3) is 4.26. The first-order chi connectivity index (χ1) is 8.06. The van der Waals surface area contributed by atoms with E-state index in [1.807, 2.05) is 13.0 Å². The Hall–Kier alpha value is -1.24. The van der Waals surface area contributed by atoms with Crippen LogP contribution in [0.2, 0.25) is 10.0 Å². The number of rotatable bonds is 4. The summed E-state index contributed by atoms with van der Waals surface area (Å²) >= 11 is 11.8. The van der Waals surface area contributed by atoms with Crippen molar-refractivity contribution < 1.29 is 4.79 Å². The molecule has 0 aromatic heterocycles. The largest absolute Gasteiger partial charge is 0.340 e. The first-order valence-corrected chi connectivity index (χ1v) is 5.95. The predicted molar refractivity (Wildman–Crippen MR) is 68.0 cm³/mol. The van der Waals surface area contributed by atoms with Crippen molar-refractivity contribution in [3.05, 3.63) is 33.8 Å². The first-order valence-electron chi connectivity index (χ1n) is 5.19. The van der Waals surface area contributed by atoms with Crippen molar-refractivity contribution in [2.24, 2.45) is 0 Å². The monoisotopic (exact) mass is 270 g/mol. The first kappa shape index (κ1) is 13.8. The molecule has 90 valence electrons. The molecule has 5 heteroatoms. The van der Waals surface area contributed by atoms with E-state index < -0.39 is 6.04 Å². The van der Waals surface area contributed by atoms with Crippen molar-refractivity contribution >= 4 is 29.1 Å². The number of carbonyl (C=O) groups excluding carboxylic acids is 1. The molecular formula is C12H12Cl2N2O. The Morgan fingerprint density at radius 2 is 2.24 bits per heavy atom. The third-order valence-electron chi connectivity index (χ3n) is 2.26. The second-order valence-corrected chi connectivity index (χ2v) is 4.41. The topological polar surface area (TPSA) is 52.9 Å². The minimum Gasteiger partial charge on any atom is -0.340 e. The Morgan fingerprint density at radius 3 is 2.82 bits per heavy atom. The lowest BCUT2D eigenvalue weighted by Crippen LogP contribution is -2.34. The lowest BCUT2D eigenvalue weighted by molar-refractivity contribution is -0.120. The Balaban J connectivity index is 2.68. The molecule has 0 heterocycles. The fraction of sp³-hybridized carbons (Fsp3) is 0.333. The fourth-order valence-electron chi connectivity index (χ4n) is 1.32. The Bertz CT molecular complexity index is 454. The number of hydrogen-bond donors (Lipinski definition) is 1. The van der Waals surface area contributed by atoms with Gasteiger partial charge in [0.05, 0.1) is 12.5 Å². The molecule has 0 aliphatic heterocycles. The quantitative estimate of drug-likeness (QED) is 0.915. The number of halogens is 2. The van der Waals surface area contributed by atoms with E-state index >= 15 is 0 Å². The number of benzene rings is 1. The van der Waals surface area contributed by atoms with Crippen molar-refractivity contribution in [2.45, 2.75) is 25.8 Å². The smallest absolute Gasteiger partial charge is 0.225 e. The van der Waals surface area contributed by atoms with E-state index in [1.54, 1.807) is 18.2 Å². The van der Waals surface area contributed by atoms with Gasteiger partial charge in [0.25, 0.3) is 0 Å². The number of nitrogens with zero attached hydrogens (tertiary/aromatic N) is 1. The fourth-order valence-corrected chi connectivity index (χ4v) is 1.70. The van der Waals surface area contributed by atoms with Gasteiger partial charge in [-0.05, 0) is 30.2 Å². The minimum atomic E-state index is -0.458. The molecule has 1 atom stereocenters. The van der Waals surface area contributed by atoms with Gasteiger partial charge in [-0.15, -0.1) is 0 Å². The van der Waals surface area contributed by atoms with Gasteiger partial charge in [-0.2, -0.15) is 5.26 Å². The molecule has 1 aromatic carbocycles. The van der Waals surface area contributed by atoms with Gasteiger partial charge < -0.3 is 5.32 Å². The van der Waals surface area contributed by atoms with Gasteiger partial charge in [-0.1, -0.05) is 30.1 Å². The van der Waals surface area contributed by atoms with E-state index in [9.17, 15) is 4.79 Å². The maximum absolute atomic E-state index is 11.6. The van der Waals surface area contributed by atoms with E-state index in [-0.39, 0.29) is 12.3 Å². The van der Waals surface area contributed by atoms with Crippen LogP contribution in [0.3, 0.4) is 0 Å². The molecule has 1 aromatic rings. The van der Waals surface area contributed by atoms with E-state index in [0.717, 1.165) is 0 Å². The second kappa shape index (κ2) is 6.48. The summed E-state index contributed by atoms with van der Waals surface area (Å²) in [5, 5.41) is 12.4. The van der Waals surface area contributed by atoms with Gasteiger partial charge in [0.1, 0.15) is 6.04 Å². The van der Waals surface area contributed by atoms with Crippen LogP contribution in [0.5, 0.6) is 0 Å². The summed E-state index contributed by atoms with van der Waals surface area (Å²) in [7, 11) is 0. The Labute approximate surface area is 110 Å². The zero-order valence-electron chi connectivity index (χ0n) is 9.34. The van der Waals surface area contributed by atoms with Gasteiger partial charge in [0.2, 0.25) is 5.91 Å². The zero-order chi connectivity index (χ0) is 12.8. The summed E-state index contributed by atoms with van der Waals surface area (Å²) in [6, 6.07) is 6.50. The minimum absolute atomic E-state index is 0.123. The molecule has 0 bridgehead atoms. The molecule has 17 heavy (non-hydrogen) atoms. The summed E-state index contributed by atoms with van der Waals surface area (Å²) in [6.07, 6.45) is 0.698. The number of nitriles is 1. The molecule has 0 fully saturated rings. The molecule has 3 nitrogen and oxygen atoms in total. The van der Waals surface area contributed by atoms with Crippen molar-refractivity contribution in [3.8, 4) is 6.07 Å². The highest BCUT2D eigenvalue weighted by molar-refractivity contribution is 6.33. The van der Waals surface area contributed by atoms with Crippen LogP contribution in [0.15, 0.2) is 18.2 Å². The standard InChI is InChI=1S/C12H12Cl2N2O/c1-2-10(7-15)16-12(17)6-8-5-9(13)3-4-11(8)14/h3-5,10H,2,6H2,1H3,(H,16,17)/t10-/m1/s1. The van der Waals surface area contributed by atoms with Crippen LogP contribution in [-0.4, -0.2) is 11.9 Å². The summed E-state index contributed by atoms with van der Waals surface area (Å²) in [6.45, 7) is 1.83. The molecule has 0 aliphatic carbocycles. The van der Waals surface area contributed by atoms with Crippen LogP contribution >= 0.6 is 23.2 Å². The number of nitrogens with one attached hydrogen (secondary N) is 1. The van der Waals surface area contributed by atoms with Crippen LogP contribution < -0.4 is 5.32 Å². The normalized spacial score (nSPS) is 11.6. The Kier molecular flexibility index (Phi) is 5.27. The summed E-state index contributed by atoms with van der Waals surface area (Å²) in [4.78, 5) is 11.6. The average Bonchev–Trinajstić information content (AvgIpc) is 2.31. The van der Waals surface area contributed by atoms with Crippen LogP contribution in [0.4, 0.5) is 0 Å². The van der Waals surface area contributed by atoms with Crippen molar-refractivity contribution in [1.82, 2.24) is 5.32 Å². The molecule has 1 amide bonds. The van der Waals surface area contributed by atoms with Gasteiger partial charge in [0.15, 0.2) is 0 Å². The highest BCUT2D eigenvalue weighted by atomic mass is 35.5. The lowest BCUT2D eigenvalue weighted by atomic mass is 10.1. The van der Waals surface area contributed by atoms with Crippen molar-refractivity contribution in [1.29, 1.82) is 5.26 Å². The maximum atomic E-state index is 11.6. The van der Waals surface area contributed by atoms with Crippen LogP contribution in [0, 0.1) is 11.3 Å². The SMILES string of the molecule is CC[C@H](C#N)NC(=O)Cc1cc(Cl)ccc1Cl. The molecule has 0 aliphatic rings. The average molecular weight is 271 g/mol. The predicted octanol–water partition coefficient (Wildman–Crippen LogP) is 2.95. The molecule has 1 rings (SSSR count). The van der Waals surface area contributed by atoms with Gasteiger partial charge in [-0.25, -0.2) is 0 Å². The molecule has 0 saturated heterocycles. The molecule has 1 N–H and O–H groups in total. The highest BCUT2D eigenvalue weighted by Gasteiger charge is 2.11. The van der Waals surface area contributed by atoms with Gasteiger partial charge in [0, 0.05) is 10.0 Å². The number of amides is 1. The van der Waals surface area contributed by atoms with E-state index in [2.05, 4.69) is 5.32 Å². The molecule has 0 spiro atoms. The molecule has 0 radical (unpaired) electrons. The summed E-state index contributed by atoms with van der Waals surface area (Å²) in [5.74, 6) is -0.234. The van der Waals surface area contributed by atoms with E-state index in [0.29, 0.717) is 22.0 Å². The van der Waals surface area contributed by atoms with E-state index in [4.69, 9.17) is 28.5 Å². The number of carbonyl (C=O) groups is 1. The highest BCUT2D eigenvalue weighted by Crippen LogP contribution is 2.20. The summed E-state index contributed by atoms with van der Waals surface area (Å²) in [5.41, 5.74) is 0.657. The zero-order valence-corrected chi connectivity index (χ0v) is 10.8. The lowest BCUT2D eigenvalue weighted by Gasteiger charge is -2.10. The van der Waals surface area contributed by atoms with Crippen molar-refractivity contribution in [3.63, 3.8) is 0 Å². The second-order valence-electron chi connectivity index (χ2n) is 3.57. The van der Waals surface area contributed by atoms with Gasteiger partial charge in [-0.3, -0.25) is 4.79 Å². The summed E-state index contributed by atoms with van der Waals surface area (Å²) < 4.78 is 0. The van der Waals surface area contributed by atoms with Gasteiger partial charge >= 0.3 is 0 Å². The van der Waals surface area contributed by atoms with Crippen LogP contribution in [0.25, 0.3) is 0 Å². The van der Waals surface area contributed by atoms with Crippen molar-refractivity contribution in [2.75, 3.05) is 0 Å². The van der Waals surface area contributed by atoms with Crippen LogP contribution in [0.1, 0.15) is 18.9 Å². The van der Waals surface area contributed by atoms with Crippen LogP contribution in [-0.2, 0) is 11.2 Å². The third-order valence-corrected chi connectivity index (χ3v) is 2.86. The Morgan fingerprint density at radius 1 is 1.53 bits per heavy atom. The molecular weight excluding hydrogens is 259 g/mol. The number of hydrogen-bond acceptors (Lipinski definition) is 2.